The monoisotopic (exact) mass is 434 g/mol. The van der Waals surface area contributed by atoms with Crippen molar-refractivity contribution in [2.45, 2.75) is 44.6 Å². The number of amides is 1. The number of aromatic nitrogens is 1. The van der Waals surface area contributed by atoms with Crippen molar-refractivity contribution in [1.82, 2.24) is 9.29 Å². The van der Waals surface area contributed by atoms with Crippen molar-refractivity contribution in [2.75, 3.05) is 7.05 Å². The highest BCUT2D eigenvalue weighted by Crippen LogP contribution is 2.39. The van der Waals surface area contributed by atoms with E-state index in [0.717, 1.165) is 28.7 Å². The fourth-order valence-electron chi connectivity index (χ4n) is 3.22. The molecule has 0 saturated carbocycles. The number of fused-ring (bicyclic) bond motifs is 1. The Balaban J connectivity index is 2.00. The van der Waals surface area contributed by atoms with Crippen molar-refractivity contribution >= 4 is 33.3 Å². The molecule has 0 fully saturated rings. The number of sulfonamides is 1. The van der Waals surface area contributed by atoms with E-state index in [9.17, 15) is 13.2 Å². The number of hydrogen-bond acceptors (Lipinski definition) is 5. The first-order valence-electron chi connectivity index (χ1n) is 9.06. The summed E-state index contributed by atoms with van der Waals surface area (Å²) < 4.78 is 31.7. The quantitative estimate of drug-likeness (QED) is 0.701. The lowest BCUT2D eigenvalue weighted by atomic mass is 9.99. The van der Waals surface area contributed by atoms with Gasteiger partial charge in [-0.15, -0.1) is 0 Å². The second-order valence-corrected chi connectivity index (χ2v) is 10.4. The molecule has 2 aromatic rings. The summed E-state index contributed by atoms with van der Waals surface area (Å²) in [6.07, 6.45) is 2.65. The molecule has 8 heteroatoms. The zero-order valence-electron chi connectivity index (χ0n) is 17.0. The summed E-state index contributed by atoms with van der Waals surface area (Å²) in [5.74, 6) is 0. The van der Waals surface area contributed by atoms with Crippen LogP contribution < -0.4 is 0 Å². The molecule has 0 aliphatic heterocycles. The van der Waals surface area contributed by atoms with Crippen molar-refractivity contribution in [3.05, 3.63) is 63.9 Å². The van der Waals surface area contributed by atoms with E-state index in [1.807, 2.05) is 25.1 Å². The molecule has 154 valence electrons. The number of hydrogen-bond donors (Lipinski definition) is 0. The highest BCUT2D eigenvalue weighted by Gasteiger charge is 2.31. The van der Waals surface area contributed by atoms with Gasteiger partial charge in [0.1, 0.15) is 10.5 Å². The summed E-state index contributed by atoms with van der Waals surface area (Å²) in [6, 6.07) is 7.21. The Bertz CT molecular complexity index is 1120. The Labute approximate surface area is 176 Å². The minimum atomic E-state index is -4.12. The minimum absolute atomic E-state index is 0.0841. The van der Waals surface area contributed by atoms with Crippen molar-refractivity contribution < 1.29 is 17.9 Å². The predicted molar refractivity (Wildman–Crippen MR) is 112 cm³/mol. The lowest BCUT2D eigenvalue weighted by Crippen LogP contribution is -2.38. The molecule has 0 N–H and O–H groups in total. The van der Waals surface area contributed by atoms with Gasteiger partial charge < -0.3 is 4.74 Å². The standard InChI is InChI=1S/C21H23ClN2O4S/c1-13-8-14-6-7-16(22)10-18(14)19(13)15-9-17(12-23-11-15)29(26,27)24(5)20(25)28-21(2,3)4/h6-7,9-12H,8H2,1-5H3. The van der Waals surface area contributed by atoms with Crippen LogP contribution in [0.4, 0.5) is 4.79 Å². The van der Waals surface area contributed by atoms with Gasteiger partial charge in [-0.1, -0.05) is 23.2 Å². The summed E-state index contributed by atoms with van der Waals surface area (Å²) >= 11 is 6.16. The third-order valence-corrected chi connectivity index (χ3v) is 6.46. The van der Waals surface area contributed by atoms with Gasteiger partial charge in [0, 0.05) is 30.0 Å². The second-order valence-electron chi connectivity index (χ2n) is 8.00. The van der Waals surface area contributed by atoms with Crippen molar-refractivity contribution in [2.24, 2.45) is 0 Å². The number of benzene rings is 1. The number of carbonyl (C=O) groups is 1. The Hall–Kier alpha value is -2.38. The molecule has 0 saturated heterocycles. The van der Waals surface area contributed by atoms with Gasteiger partial charge in [-0.2, -0.15) is 0 Å². The fourth-order valence-corrected chi connectivity index (χ4v) is 4.41. The number of allylic oxidation sites excluding steroid dienone is 1. The zero-order chi connectivity index (χ0) is 21.6. The highest BCUT2D eigenvalue weighted by molar-refractivity contribution is 7.89. The molecular weight excluding hydrogens is 412 g/mol. The number of halogens is 1. The molecule has 1 amide bonds. The molecule has 6 nitrogen and oxygen atoms in total. The van der Waals surface area contributed by atoms with Gasteiger partial charge in [-0.25, -0.2) is 17.5 Å². The Morgan fingerprint density at radius 1 is 1.21 bits per heavy atom. The molecule has 1 aliphatic carbocycles. The van der Waals surface area contributed by atoms with E-state index in [-0.39, 0.29) is 4.90 Å². The molecule has 1 heterocycles. The molecule has 3 rings (SSSR count). The average Bonchev–Trinajstić information content (AvgIpc) is 2.94. The van der Waals surface area contributed by atoms with Crippen LogP contribution in [0, 0.1) is 0 Å². The average molecular weight is 435 g/mol. The smallest absolute Gasteiger partial charge is 0.424 e. The van der Waals surface area contributed by atoms with Crippen molar-refractivity contribution in [3.63, 3.8) is 0 Å². The van der Waals surface area contributed by atoms with Crippen LogP contribution in [0.3, 0.4) is 0 Å². The first kappa shape index (κ1) is 21.3. The maximum absolute atomic E-state index is 13.0. The molecule has 1 aromatic heterocycles. The van der Waals surface area contributed by atoms with Crippen LogP contribution in [0.5, 0.6) is 0 Å². The zero-order valence-corrected chi connectivity index (χ0v) is 18.6. The normalized spacial score (nSPS) is 14.0. The maximum Gasteiger partial charge on any atom is 0.424 e. The first-order chi connectivity index (χ1) is 13.4. The SMILES string of the molecule is CC1=C(c2cncc(S(=O)(=O)N(C)C(=O)OC(C)(C)C)c2)c2cc(Cl)ccc2C1. The van der Waals surface area contributed by atoms with Gasteiger partial charge in [0.15, 0.2) is 0 Å². The Kier molecular flexibility index (Phi) is 5.49. The topological polar surface area (TPSA) is 76.6 Å². The fraction of sp³-hybridized carbons (Fsp3) is 0.333. The maximum atomic E-state index is 13.0. The number of nitrogens with zero attached hydrogens (tertiary/aromatic N) is 2. The molecule has 1 aliphatic rings. The molecule has 0 atom stereocenters. The van der Waals surface area contributed by atoms with Gasteiger partial charge in [0.05, 0.1) is 0 Å². The molecule has 0 bridgehead atoms. The van der Waals surface area contributed by atoms with Crippen molar-refractivity contribution in [1.29, 1.82) is 0 Å². The van der Waals surface area contributed by atoms with Gasteiger partial charge >= 0.3 is 6.09 Å². The second kappa shape index (κ2) is 7.46. The molecular formula is C21H23ClN2O4S. The lowest BCUT2D eigenvalue weighted by Gasteiger charge is -2.24. The lowest BCUT2D eigenvalue weighted by molar-refractivity contribution is 0.0420. The summed E-state index contributed by atoms with van der Waals surface area (Å²) in [5, 5.41) is 0.609. The van der Waals surface area contributed by atoms with Crippen LogP contribution >= 0.6 is 11.6 Å². The van der Waals surface area contributed by atoms with Gasteiger partial charge in [0.2, 0.25) is 0 Å². The van der Waals surface area contributed by atoms with E-state index in [1.54, 1.807) is 27.0 Å². The molecule has 0 spiro atoms. The largest absolute Gasteiger partial charge is 0.443 e. The van der Waals surface area contributed by atoms with Gasteiger partial charge in [0.25, 0.3) is 10.0 Å². The summed E-state index contributed by atoms with van der Waals surface area (Å²) in [6.45, 7) is 7.01. The number of rotatable bonds is 3. The van der Waals surface area contributed by atoms with Crippen molar-refractivity contribution in [3.8, 4) is 0 Å². The van der Waals surface area contributed by atoms with E-state index in [4.69, 9.17) is 16.3 Å². The Morgan fingerprint density at radius 3 is 2.55 bits per heavy atom. The number of carbonyl (C=O) groups excluding carboxylic acids is 1. The van der Waals surface area contributed by atoms with Gasteiger partial charge in [-0.3, -0.25) is 4.98 Å². The molecule has 0 radical (unpaired) electrons. The number of ether oxygens (including phenoxy) is 1. The minimum Gasteiger partial charge on any atom is -0.443 e. The number of pyridine rings is 1. The van der Waals surface area contributed by atoms with Gasteiger partial charge in [-0.05, 0) is 69.0 Å². The summed E-state index contributed by atoms with van der Waals surface area (Å²) in [7, 11) is -2.95. The third-order valence-electron chi connectivity index (χ3n) is 4.53. The molecule has 1 aromatic carbocycles. The predicted octanol–water partition coefficient (Wildman–Crippen LogP) is 4.67. The summed E-state index contributed by atoms with van der Waals surface area (Å²) in [4.78, 5) is 16.3. The van der Waals surface area contributed by atoms with Crippen LogP contribution in [0.2, 0.25) is 5.02 Å². The molecule has 0 unspecified atom stereocenters. The van der Waals surface area contributed by atoms with E-state index < -0.39 is 21.7 Å². The molecule has 29 heavy (non-hydrogen) atoms. The Morgan fingerprint density at radius 2 is 1.90 bits per heavy atom. The van der Waals surface area contributed by atoms with E-state index in [2.05, 4.69) is 4.98 Å². The first-order valence-corrected chi connectivity index (χ1v) is 10.9. The van der Waals surface area contributed by atoms with Crippen LogP contribution in [0.1, 0.15) is 44.4 Å². The van der Waals surface area contributed by atoms with E-state index in [0.29, 0.717) is 14.9 Å². The van der Waals surface area contributed by atoms with Crippen LogP contribution in [0.25, 0.3) is 5.57 Å². The van der Waals surface area contributed by atoms with Crippen LogP contribution in [0.15, 0.2) is 47.1 Å². The highest BCUT2D eigenvalue weighted by atomic mass is 35.5. The van der Waals surface area contributed by atoms with Crippen LogP contribution in [-0.4, -0.2) is 36.4 Å². The van der Waals surface area contributed by atoms with Crippen LogP contribution in [-0.2, 0) is 21.2 Å². The van der Waals surface area contributed by atoms with E-state index >= 15 is 0 Å². The third kappa shape index (κ3) is 4.31. The summed E-state index contributed by atoms with van der Waals surface area (Å²) in [5.41, 5.74) is 3.94. The van der Waals surface area contributed by atoms with E-state index in [1.165, 1.54) is 19.3 Å².